The Kier molecular flexibility index (Phi) is 3.88. The molecule has 0 heterocycles. The molecule has 94 valence electrons. The first-order chi connectivity index (χ1) is 8.10. The van der Waals surface area contributed by atoms with Crippen LogP contribution < -0.4 is 5.73 Å². The van der Waals surface area contributed by atoms with Crippen LogP contribution in [0.1, 0.15) is 50.2 Å². The van der Waals surface area contributed by atoms with Crippen molar-refractivity contribution in [2.75, 3.05) is 0 Å². The van der Waals surface area contributed by atoms with Crippen molar-refractivity contribution in [3.63, 3.8) is 0 Å². The van der Waals surface area contributed by atoms with Crippen LogP contribution in [0, 0.1) is 12.3 Å². The lowest BCUT2D eigenvalue weighted by atomic mass is 9.69. The number of benzene rings is 1. The van der Waals surface area contributed by atoms with Crippen molar-refractivity contribution in [3.8, 4) is 0 Å². The van der Waals surface area contributed by atoms with Crippen molar-refractivity contribution in [2.24, 2.45) is 11.1 Å². The van der Waals surface area contributed by atoms with Crippen LogP contribution in [0.3, 0.4) is 0 Å². The fraction of sp³-hybridized carbons (Fsp3) is 0.625. The molecule has 1 aromatic rings. The molecular formula is C16H25N. The monoisotopic (exact) mass is 231 g/mol. The highest BCUT2D eigenvalue weighted by Crippen LogP contribution is 2.38. The number of hydrogen-bond donors (Lipinski definition) is 1. The maximum absolute atomic E-state index is 6.46. The van der Waals surface area contributed by atoms with Gasteiger partial charge in [0.15, 0.2) is 0 Å². The standard InChI is InChI=1S/C16H25N/c1-13-7-6-8-14(11-13)12-15(17)16(2)9-4-3-5-10-16/h6-8,11,15H,3-5,9-10,12,17H2,1-2H3. The minimum absolute atomic E-state index is 0.310. The minimum Gasteiger partial charge on any atom is -0.327 e. The summed E-state index contributed by atoms with van der Waals surface area (Å²) in [5.41, 5.74) is 9.56. The van der Waals surface area contributed by atoms with E-state index in [4.69, 9.17) is 5.73 Å². The first kappa shape index (κ1) is 12.6. The zero-order valence-corrected chi connectivity index (χ0v) is 11.2. The molecule has 1 unspecified atom stereocenters. The maximum atomic E-state index is 6.46. The molecule has 1 atom stereocenters. The molecule has 2 N–H and O–H groups in total. The van der Waals surface area contributed by atoms with Gasteiger partial charge in [-0.25, -0.2) is 0 Å². The molecule has 1 aliphatic carbocycles. The summed E-state index contributed by atoms with van der Waals surface area (Å²) in [5.74, 6) is 0. The third-order valence-electron chi connectivity index (χ3n) is 4.43. The van der Waals surface area contributed by atoms with E-state index in [0.29, 0.717) is 11.5 Å². The highest BCUT2D eigenvalue weighted by atomic mass is 14.7. The predicted molar refractivity (Wildman–Crippen MR) is 74.1 cm³/mol. The second kappa shape index (κ2) is 5.22. The normalized spacial score (nSPS) is 21.1. The zero-order valence-electron chi connectivity index (χ0n) is 11.2. The van der Waals surface area contributed by atoms with Crippen LogP contribution in [0.5, 0.6) is 0 Å². The fourth-order valence-corrected chi connectivity index (χ4v) is 3.07. The molecule has 0 aliphatic heterocycles. The van der Waals surface area contributed by atoms with Crippen LogP contribution in [-0.4, -0.2) is 6.04 Å². The van der Waals surface area contributed by atoms with Crippen molar-refractivity contribution >= 4 is 0 Å². The Morgan fingerprint density at radius 2 is 1.94 bits per heavy atom. The van der Waals surface area contributed by atoms with Gasteiger partial charge in [0.05, 0.1) is 0 Å². The van der Waals surface area contributed by atoms with E-state index in [1.165, 1.54) is 43.2 Å². The molecule has 2 rings (SSSR count). The Morgan fingerprint density at radius 1 is 1.24 bits per heavy atom. The Hall–Kier alpha value is -0.820. The summed E-state index contributed by atoms with van der Waals surface area (Å²) in [7, 11) is 0. The molecule has 0 spiro atoms. The minimum atomic E-state index is 0.310. The van der Waals surface area contributed by atoms with Gasteiger partial charge in [0.25, 0.3) is 0 Å². The number of nitrogens with two attached hydrogens (primary N) is 1. The Labute approximate surface area is 105 Å². The molecule has 0 amide bonds. The van der Waals surface area contributed by atoms with Crippen LogP contribution in [0.15, 0.2) is 24.3 Å². The molecule has 1 aromatic carbocycles. The van der Waals surface area contributed by atoms with Gasteiger partial charge in [0.1, 0.15) is 0 Å². The number of aryl methyl sites for hydroxylation is 1. The van der Waals surface area contributed by atoms with Crippen molar-refractivity contribution in [3.05, 3.63) is 35.4 Å². The second-order valence-corrected chi connectivity index (χ2v) is 6.01. The van der Waals surface area contributed by atoms with E-state index in [0.717, 1.165) is 6.42 Å². The van der Waals surface area contributed by atoms with Crippen LogP contribution in [-0.2, 0) is 6.42 Å². The quantitative estimate of drug-likeness (QED) is 0.840. The van der Waals surface area contributed by atoms with Crippen LogP contribution in [0.4, 0.5) is 0 Å². The molecule has 0 radical (unpaired) electrons. The Balaban J connectivity index is 2.02. The SMILES string of the molecule is Cc1cccc(CC(N)C2(C)CCCCC2)c1. The predicted octanol–water partition coefficient (Wildman–Crippen LogP) is 3.84. The first-order valence-electron chi connectivity index (χ1n) is 6.91. The van der Waals surface area contributed by atoms with Crippen molar-refractivity contribution in [1.82, 2.24) is 0 Å². The molecule has 1 heteroatoms. The van der Waals surface area contributed by atoms with Gasteiger partial charge < -0.3 is 5.73 Å². The highest BCUT2D eigenvalue weighted by Gasteiger charge is 2.32. The largest absolute Gasteiger partial charge is 0.327 e. The van der Waals surface area contributed by atoms with Crippen LogP contribution in [0.25, 0.3) is 0 Å². The van der Waals surface area contributed by atoms with Crippen molar-refractivity contribution in [2.45, 2.75) is 58.4 Å². The van der Waals surface area contributed by atoms with E-state index in [-0.39, 0.29) is 0 Å². The van der Waals surface area contributed by atoms with Gasteiger partial charge in [-0.2, -0.15) is 0 Å². The molecule has 1 aliphatic rings. The summed E-state index contributed by atoms with van der Waals surface area (Å²) >= 11 is 0. The molecule has 1 saturated carbocycles. The van der Waals surface area contributed by atoms with E-state index < -0.39 is 0 Å². The Morgan fingerprint density at radius 3 is 2.59 bits per heavy atom. The molecule has 1 fully saturated rings. The summed E-state index contributed by atoms with van der Waals surface area (Å²) in [6.45, 7) is 4.53. The van der Waals surface area contributed by atoms with E-state index in [1.54, 1.807) is 0 Å². The van der Waals surface area contributed by atoms with E-state index in [1.807, 2.05) is 0 Å². The summed E-state index contributed by atoms with van der Waals surface area (Å²) in [6.07, 6.45) is 7.75. The van der Waals surface area contributed by atoms with Gasteiger partial charge in [0, 0.05) is 6.04 Å². The summed E-state index contributed by atoms with van der Waals surface area (Å²) in [5, 5.41) is 0. The first-order valence-corrected chi connectivity index (χ1v) is 6.91. The van der Waals surface area contributed by atoms with E-state index in [2.05, 4.69) is 38.1 Å². The number of rotatable bonds is 3. The van der Waals surface area contributed by atoms with Crippen molar-refractivity contribution < 1.29 is 0 Å². The second-order valence-electron chi connectivity index (χ2n) is 6.01. The van der Waals surface area contributed by atoms with Gasteiger partial charge in [-0.1, -0.05) is 56.0 Å². The smallest absolute Gasteiger partial charge is 0.0133 e. The summed E-state index contributed by atoms with van der Waals surface area (Å²) in [6, 6.07) is 9.08. The summed E-state index contributed by atoms with van der Waals surface area (Å²) < 4.78 is 0. The van der Waals surface area contributed by atoms with Gasteiger partial charge in [-0.05, 0) is 37.2 Å². The van der Waals surface area contributed by atoms with Gasteiger partial charge in [0.2, 0.25) is 0 Å². The lowest BCUT2D eigenvalue weighted by Gasteiger charge is -2.39. The third-order valence-corrected chi connectivity index (χ3v) is 4.43. The van der Waals surface area contributed by atoms with E-state index in [9.17, 15) is 0 Å². The molecule has 0 saturated heterocycles. The van der Waals surface area contributed by atoms with Crippen LogP contribution in [0.2, 0.25) is 0 Å². The van der Waals surface area contributed by atoms with Crippen molar-refractivity contribution in [1.29, 1.82) is 0 Å². The average molecular weight is 231 g/mol. The van der Waals surface area contributed by atoms with Gasteiger partial charge >= 0.3 is 0 Å². The molecular weight excluding hydrogens is 206 g/mol. The topological polar surface area (TPSA) is 26.0 Å². The van der Waals surface area contributed by atoms with Crippen LogP contribution >= 0.6 is 0 Å². The highest BCUT2D eigenvalue weighted by molar-refractivity contribution is 5.23. The molecule has 0 aromatic heterocycles. The lowest BCUT2D eigenvalue weighted by Crippen LogP contribution is -2.42. The molecule has 1 nitrogen and oxygen atoms in total. The average Bonchev–Trinajstić information content (AvgIpc) is 2.30. The van der Waals surface area contributed by atoms with E-state index >= 15 is 0 Å². The lowest BCUT2D eigenvalue weighted by molar-refractivity contribution is 0.169. The Bertz CT molecular complexity index is 364. The molecule has 0 bridgehead atoms. The van der Waals surface area contributed by atoms with Gasteiger partial charge in [-0.15, -0.1) is 0 Å². The number of hydrogen-bond acceptors (Lipinski definition) is 1. The maximum Gasteiger partial charge on any atom is 0.0133 e. The fourth-order valence-electron chi connectivity index (χ4n) is 3.07. The zero-order chi connectivity index (χ0) is 12.3. The van der Waals surface area contributed by atoms with Gasteiger partial charge in [-0.3, -0.25) is 0 Å². The summed E-state index contributed by atoms with van der Waals surface area (Å²) in [4.78, 5) is 0. The third kappa shape index (κ3) is 3.10. The molecule has 17 heavy (non-hydrogen) atoms.